The van der Waals surface area contributed by atoms with Crippen LogP contribution in [0.4, 0.5) is 0 Å². The van der Waals surface area contributed by atoms with E-state index in [-0.39, 0.29) is 5.91 Å². The summed E-state index contributed by atoms with van der Waals surface area (Å²) in [6, 6.07) is 0. The van der Waals surface area contributed by atoms with Gasteiger partial charge >= 0.3 is 0 Å². The second-order valence-electron chi connectivity index (χ2n) is 1.82. The second kappa shape index (κ2) is 4.79. The fourth-order valence-corrected chi connectivity index (χ4v) is 0.627. The van der Waals surface area contributed by atoms with Gasteiger partial charge in [-0.2, -0.15) is 0 Å². The van der Waals surface area contributed by atoms with Crippen molar-refractivity contribution in [2.75, 3.05) is 7.05 Å². The first-order chi connectivity index (χ1) is 4.76. The zero-order chi connectivity index (χ0) is 7.98. The summed E-state index contributed by atoms with van der Waals surface area (Å²) in [5.41, 5.74) is 0.699. The standard InChI is InChI=1S/C8H13NO/c1-4-6-7(5-2)8(10)9-3/h4-6H,1-3H3,(H,9,10). The number of rotatable bonds is 2. The van der Waals surface area contributed by atoms with Crippen LogP contribution in [-0.2, 0) is 4.79 Å². The molecule has 0 aliphatic rings. The molecule has 0 heterocycles. The summed E-state index contributed by atoms with van der Waals surface area (Å²) < 4.78 is 0. The highest BCUT2D eigenvalue weighted by Crippen LogP contribution is 1.95. The number of allylic oxidation sites excluding steroid dienone is 2. The molecular formula is C8H13NO. The molecule has 0 aromatic heterocycles. The molecule has 0 rings (SSSR count). The van der Waals surface area contributed by atoms with Crippen LogP contribution in [0.25, 0.3) is 0 Å². The topological polar surface area (TPSA) is 29.1 Å². The first-order valence-corrected chi connectivity index (χ1v) is 3.27. The van der Waals surface area contributed by atoms with Gasteiger partial charge in [-0.1, -0.05) is 18.2 Å². The normalized spacial score (nSPS) is 12.1. The van der Waals surface area contributed by atoms with Gasteiger partial charge < -0.3 is 5.32 Å². The Morgan fingerprint density at radius 1 is 1.40 bits per heavy atom. The van der Waals surface area contributed by atoms with Gasteiger partial charge in [0, 0.05) is 12.6 Å². The summed E-state index contributed by atoms with van der Waals surface area (Å²) in [7, 11) is 1.62. The third-order valence-corrected chi connectivity index (χ3v) is 1.15. The molecule has 0 aromatic carbocycles. The number of hydrogen-bond donors (Lipinski definition) is 1. The van der Waals surface area contributed by atoms with Crippen LogP contribution in [0.3, 0.4) is 0 Å². The third-order valence-electron chi connectivity index (χ3n) is 1.15. The van der Waals surface area contributed by atoms with Crippen LogP contribution in [0.15, 0.2) is 23.8 Å². The van der Waals surface area contributed by atoms with Gasteiger partial charge in [-0.15, -0.1) is 0 Å². The first kappa shape index (κ1) is 8.95. The zero-order valence-electron chi connectivity index (χ0n) is 6.64. The van der Waals surface area contributed by atoms with E-state index < -0.39 is 0 Å². The Labute approximate surface area is 61.6 Å². The smallest absolute Gasteiger partial charge is 0.250 e. The van der Waals surface area contributed by atoms with Crippen molar-refractivity contribution < 1.29 is 4.79 Å². The Morgan fingerprint density at radius 2 is 2.00 bits per heavy atom. The molecule has 1 N–H and O–H groups in total. The molecular weight excluding hydrogens is 126 g/mol. The molecule has 0 spiro atoms. The first-order valence-electron chi connectivity index (χ1n) is 3.27. The number of hydrogen-bond acceptors (Lipinski definition) is 1. The Hall–Kier alpha value is -1.05. The van der Waals surface area contributed by atoms with Gasteiger partial charge in [0.2, 0.25) is 0 Å². The van der Waals surface area contributed by atoms with Crippen molar-refractivity contribution in [1.29, 1.82) is 0 Å². The maximum Gasteiger partial charge on any atom is 0.250 e. The highest BCUT2D eigenvalue weighted by atomic mass is 16.1. The molecule has 0 fully saturated rings. The number of carbonyl (C=O) groups excluding carboxylic acids is 1. The van der Waals surface area contributed by atoms with E-state index in [1.165, 1.54) is 0 Å². The van der Waals surface area contributed by atoms with Crippen molar-refractivity contribution in [3.05, 3.63) is 23.8 Å². The van der Waals surface area contributed by atoms with Crippen molar-refractivity contribution in [3.8, 4) is 0 Å². The minimum Gasteiger partial charge on any atom is -0.355 e. The van der Waals surface area contributed by atoms with Crippen LogP contribution in [-0.4, -0.2) is 13.0 Å². The summed E-state index contributed by atoms with van der Waals surface area (Å²) in [6.45, 7) is 3.72. The molecule has 0 radical (unpaired) electrons. The van der Waals surface area contributed by atoms with Crippen LogP contribution >= 0.6 is 0 Å². The van der Waals surface area contributed by atoms with E-state index in [1.807, 2.05) is 19.9 Å². The van der Waals surface area contributed by atoms with Crippen LogP contribution in [0.1, 0.15) is 13.8 Å². The molecule has 0 aliphatic heterocycles. The second-order valence-corrected chi connectivity index (χ2v) is 1.82. The molecule has 0 atom stereocenters. The van der Waals surface area contributed by atoms with Gasteiger partial charge in [0.25, 0.3) is 5.91 Å². The molecule has 56 valence electrons. The van der Waals surface area contributed by atoms with Crippen molar-refractivity contribution in [2.24, 2.45) is 0 Å². The molecule has 0 aliphatic carbocycles. The van der Waals surface area contributed by atoms with Crippen LogP contribution in [0.5, 0.6) is 0 Å². The third kappa shape index (κ3) is 2.49. The summed E-state index contributed by atoms with van der Waals surface area (Å²) in [5, 5.41) is 2.54. The number of nitrogens with one attached hydrogen (secondary N) is 1. The minimum atomic E-state index is -0.0411. The Morgan fingerprint density at radius 3 is 2.30 bits per heavy atom. The van der Waals surface area contributed by atoms with Gasteiger partial charge in [-0.25, -0.2) is 0 Å². The summed E-state index contributed by atoms with van der Waals surface area (Å²) >= 11 is 0. The molecule has 2 heteroatoms. The number of amides is 1. The van der Waals surface area contributed by atoms with E-state index in [1.54, 1.807) is 19.2 Å². The fourth-order valence-electron chi connectivity index (χ4n) is 0.627. The lowest BCUT2D eigenvalue weighted by molar-refractivity contribution is -0.116. The van der Waals surface area contributed by atoms with Crippen molar-refractivity contribution in [3.63, 3.8) is 0 Å². The fraction of sp³-hybridized carbons (Fsp3) is 0.375. The average Bonchev–Trinajstić information content (AvgIpc) is 1.99. The van der Waals surface area contributed by atoms with E-state index in [9.17, 15) is 4.79 Å². The number of carbonyl (C=O) groups is 1. The lowest BCUT2D eigenvalue weighted by Gasteiger charge is -1.96. The molecule has 0 unspecified atom stereocenters. The van der Waals surface area contributed by atoms with Gasteiger partial charge in [0.1, 0.15) is 0 Å². The van der Waals surface area contributed by atoms with E-state index in [4.69, 9.17) is 0 Å². The zero-order valence-corrected chi connectivity index (χ0v) is 6.64. The lowest BCUT2D eigenvalue weighted by atomic mass is 10.2. The molecule has 0 bridgehead atoms. The highest BCUT2D eigenvalue weighted by Gasteiger charge is 1.98. The summed E-state index contributed by atoms with van der Waals surface area (Å²) in [4.78, 5) is 10.9. The molecule has 0 aromatic rings. The van der Waals surface area contributed by atoms with Gasteiger partial charge in [0.15, 0.2) is 0 Å². The van der Waals surface area contributed by atoms with Crippen molar-refractivity contribution in [1.82, 2.24) is 5.32 Å². The average molecular weight is 139 g/mol. The lowest BCUT2D eigenvalue weighted by Crippen LogP contribution is -2.18. The van der Waals surface area contributed by atoms with Gasteiger partial charge in [-0.05, 0) is 13.8 Å². The molecule has 2 nitrogen and oxygen atoms in total. The predicted molar refractivity (Wildman–Crippen MR) is 42.6 cm³/mol. The summed E-state index contributed by atoms with van der Waals surface area (Å²) in [6.07, 6.45) is 5.39. The SMILES string of the molecule is CC=CC(=CC)C(=O)NC. The van der Waals surface area contributed by atoms with Crippen molar-refractivity contribution >= 4 is 5.91 Å². The maximum atomic E-state index is 10.9. The van der Waals surface area contributed by atoms with E-state index in [0.29, 0.717) is 5.57 Å². The molecule has 0 saturated carbocycles. The molecule has 0 saturated heterocycles. The Balaban J connectivity index is 4.23. The van der Waals surface area contributed by atoms with E-state index in [0.717, 1.165) is 0 Å². The molecule has 10 heavy (non-hydrogen) atoms. The minimum absolute atomic E-state index is 0.0411. The van der Waals surface area contributed by atoms with E-state index in [2.05, 4.69) is 5.32 Å². The van der Waals surface area contributed by atoms with Crippen LogP contribution in [0.2, 0.25) is 0 Å². The molecule has 1 amide bonds. The summed E-state index contributed by atoms with van der Waals surface area (Å²) in [5.74, 6) is -0.0411. The van der Waals surface area contributed by atoms with Gasteiger partial charge in [0.05, 0.1) is 0 Å². The quantitative estimate of drug-likeness (QED) is 0.453. The van der Waals surface area contributed by atoms with Crippen LogP contribution in [0, 0.1) is 0 Å². The van der Waals surface area contributed by atoms with Crippen LogP contribution < -0.4 is 5.32 Å². The monoisotopic (exact) mass is 139 g/mol. The van der Waals surface area contributed by atoms with E-state index >= 15 is 0 Å². The van der Waals surface area contributed by atoms with Gasteiger partial charge in [-0.3, -0.25) is 4.79 Å². The Bertz CT molecular complexity index is 168. The highest BCUT2D eigenvalue weighted by molar-refractivity contribution is 5.95. The largest absolute Gasteiger partial charge is 0.355 e. The predicted octanol–water partition coefficient (Wildman–Crippen LogP) is 1.25. The van der Waals surface area contributed by atoms with Crippen molar-refractivity contribution in [2.45, 2.75) is 13.8 Å². The Kier molecular flexibility index (Phi) is 4.29. The maximum absolute atomic E-state index is 10.9. The number of likely N-dealkylation sites (N-methyl/N-ethyl adjacent to an activating group) is 1.